The lowest BCUT2D eigenvalue weighted by atomic mass is 10.2. The second-order valence-electron chi connectivity index (χ2n) is 3.24. The van der Waals surface area contributed by atoms with Crippen LogP contribution in [0, 0.1) is 0 Å². The fourth-order valence-corrected chi connectivity index (χ4v) is 1.85. The van der Waals surface area contributed by atoms with E-state index in [0.29, 0.717) is 18.7 Å². The van der Waals surface area contributed by atoms with Crippen LogP contribution in [0.4, 0.5) is 0 Å². The molecule has 16 heavy (non-hydrogen) atoms. The number of hydrogen-bond acceptors (Lipinski definition) is 2. The zero-order valence-electron chi connectivity index (χ0n) is 8.87. The van der Waals surface area contributed by atoms with Gasteiger partial charge in [0.15, 0.2) is 0 Å². The fraction of sp³-hybridized carbons (Fsp3) is 0.364. The van der Waals surface area contributed by atoms with E-state index in [0.717, 1.165) is 4.47 Å². The molecule has 1 aromatic rings. The van der Waals surface area contributed by atoms with Crippen molar-refractivity contribution in [3.05, 3.63) is 34.3 Å². The summed E-state index contributed by atoms with van der Waals surface area (Å²) in [5.41, 5.74) is 0.601. The van der Waals surface area contributed by atoms with Gasteiger partial charge < -0.3 is 10.1 Å². The number of benzene rings is 1. The maximum atomic E-state index is 11.7. The number of nitrogens with one attached hydrogen (secondary N) is 1. The van der Waals surface area contributed by atoms with E-state index in [1.54, 1.807) is 13.2 Å². The summed E-state index contributed by atoms with van der Waals surface area (Å²) in [6, 6.07) is 7.24. The molecule has 1 aromatic carbocycles. The molecule has 0 spiro atoms. The van der Waals surface area contributed by atoms with Crippen molar-refractivity contribution in [1.29, 1.82) is 0 Å². The molecule has 1 rings (SSSR count). The summed E-state index contributed by atoms with van der Waals surface area (Å²) < 4.78 is 5.64. The maximum absolute atomic E-state index is 11.7. The third-order valence-corrected chi connectivity index (χ3v) is 2.92. The van der Waals surface area contributed by atoms with Gasteiger partial charge in [0, 0.05) is 18.1 Å². The lowest BCUT2D eigenvalue weighted by Gasteiger charge is -2.10. The lowest BCUT2D eigenvalue weighted by Crippen LogP contribution is -2.31. The van der Waals surface area contributed by atoms with E-state index in [1.807, 2.05) is 18.2 Å². The van der Waals surface area contributed by atoms with Crippen molar-refractivity contribution in [2.75, 3.05) is 20.3 Å². The number of alkyl halides is 1. The predicted molar refractivity (Wildman–Crippen MR) is 68.0 cm³/mol. The lowest BCUT2D eigenvalue weighted by molar-refractivity contribution is 0.0948. The van der Waals surface area contributed by atoms with Crippen molar-refractivity contribution in [2.24, 2.45) is 0 Å². The molecule has 0 aliphatic heterocycles. The van der Waals surface area contributed by atoms with Crippen molar-refractivity contribution in [1.82, 2.24) is 5.32 Å². The monoisotopic (exact) mass is 305 g/mol. The van der Waals surface area contributed by atoms with E-state index < -0.39 is 0 Å². The van der Waals surface area contributed by atoms with Crippen molar-refractivity contribution in [3.63, 3.8) is 0 Å². The molecule has 0 saturated heterocycles. The van der Waals surface area contributed by atoms with Gasteiger partial charge in [-0.15, -0.1) is 11.6 Å². The van der Waals surface area contributed by atoms with E-state index in [9.17, 15) is 4.79 Å². The van der Waals surface area contributed by atoms with Gasteiger partial charge in [-0.25, -0.2) is 0 Å². The van der Waals surface area contributed by atoms with Crippen LogP contribution in [-0.4, -0.2) is 31.5 Å². The summed E-state index contributed by atoms with van der Waals surface area (Å²) in [5.74, 6) is -0.144. The Labute approximate surface area is 108 Å². The van der Waals surface area contributed by atoms with Crippen LogP contribution < -0.4 is 5.32 Å². The molecule has 5 heteroatoms. The normalized spacial score (nSPS) is 12.2. The van der Waals surface area contributed by atoms with Gasteiger partial charge in [0.25, 0.3) is 5.91 Å². The first-order chi connectivity index (χ1) is 7.65. The molecule has 1 unspecified atom stereocenters. The van der Waals surface area contributed by atoms with Crippen LogP contribution in [0.15, 0.2) is 28.7 Å². The molecule has 1 atom stereocenters. The summed E-state index contributed by atoms with van der Waals surface area (Å²) in [5, 5.41) is 2.53. The molecular formula is C11H13BrClNO2. The minimum Gasteiger partial charge on any atom is -0.383 e. The molecule has 3 nitrogen and oxygen atoms in total. The standard InChI is InChI=1S/C11H13BrClNO2/c1-16-7-8(13)6-14-11(15)9-4-2-3-5-10(9)12/h2-5,8H,6-7H2,1H3,(H,14,15). The quantitative estimate of drug-likeness (QED) is 0.849. The van der Waals surface area contributed by atoms with Crippen LogP contribution in [0.1, 0.15) is 10.4 Å². The molecule has 0 aliphatic rings. The van der Waals surface area contributed by atoms with Gasteiger partial charge in [-0.05, 0) is 28.1 Å². The van der Waals surface area contributed by atoms with Gasteiger partial charge in [0.05, 0.1) is 17.5 Å². The Balaban J connectivity index is 2.50. The zero-order valence-corrected chi connectivity index (χ0v) is 11.2. The van der Waals surface area contributed by atoms with Crippen LogP contribution in [0.3, 0.4) is 0 Å². The SMILES string of the molecule is COCC(Cl)CNC(=O)c1ccccc1Br. The number of halogens is 2. The van der Waals surface area contributed by atoms with Crippen molar-refractivity contribution in [3.8, 4) is 0 Å². The molecule has 0 saturated carbocycles. The Hall–Kier alpha value is -0.580. The van der Waals surface area contributed by atoms with Gasteiger partial charge in [0.2, 0.25) is 0 Å². The molecule has 0 bridgehead atoms. The largest absolute Gasteiger partial charge is 0.383 e. The van der Waals surface area contributed by atoms with Crippen LogP contribution >= 0.6 is 27.5 Å². The average molecular weight is 307 g/mol. The van der Waals surface area contributed by atoms with E-state index >= 15 is 0 Å². The Morgan fingerprint density at radius 1 is 1.56 bits per heavy atom. The molecule has 0 aliphatic carbocycles. The molecule has 0 fully saturated rings. The highest BCUT2D eigenvalue weighted by Crippen LogP contribution is 2.15. The van der Waals surface area contributed by atoms with Gasteiger partial charge in [-0.2, -0.15) is 0 Å². The number of rotatable bonds is 5. The molecule has 88 valence electrons. The molecule has 0 heterocycles. The zero-order chi connectivity index (χ0) is 12.0. The van der Waals surface area contributed by atoms with Crippen molar-refractivity contribution in [2.45, 2.75) is 5.38 Å². The number of hydrogen-bond donors (Lipinski definition) is 1. The molecule has 1 N–H and O–H groups in total. The Kier molecular flexibility index (Phi) is 5.80. The summed E-state index contributed by atoms with van der Waals surface area (Å²) in [7, 11) is 1.57. The average Bonchev–Trinajstić information content (AvgIpc) is 2.27. The van der Waals surface area contributed by atoms with Crippen molar-refractivity contribution < 1.29 is 9.53 Å². The highest BCUT2D eigenvalue weighted by Gasteiger charge is 2.10. The number of ether oxygens (including phenoxy) is 1. The Morgan fingerprint density at radius 2 is 2.25 bits per heavy atom. The smallest absolute Gasteiger partial charge is 0.252 e. The topological polar surface area (TPSA) is 38.3 Å². The van der Waals surface area contributed by atoms with E-state index in [4.69, 9.17) is 16.3 Å². The molecule has 1 amide bonds. The Morgan fingerprint density at radius 3 is 2.88 bits per heavy atom. The van der Waals surface area contributed by atoms with Gasteiger partial charge in [-0.3, -0.25) is 4.79 Å². The van der Waals surface area contributed by atoms with Gasteiger partial charge in [0.1, 0.15) is 0 Å². The van der Waals surface area contributed by atoms with E-state index in [-0.39, 0.29) is 11.3 Å². The van der Waals surface area contributed by atoms with Crippen LogP contribution in [0.25, 0.3) is 0 Å². The summed E-state index contributed by atoms with van der Waals surface area (Å²) in [6.07, 6.45) is 0. The highest BCUT2D eigenvalue weighted by molar-refractivity contribution is 9.10. The van der Waals surface area contributed by atoms with Crippen LogP contribution in [0.2, 0.25) is 0 Å². The first-order valence-electron chi connectivity index (χ1n) is 4.81. The molecule has 0 aromatic heterocycles. The second kappa shape index (κ2) is 6.89. The minimum absolute atomic E-state index is 0.144. The third-order valence-electron chi connectivity index (χ3n) is 1.95. The molecular weight excluding hydrogens is 293 g/mol. The first-order valence-corrected chi connectivity index (χ1v) is 6.04. The first kappa shape index (κ1) is 13.5. The van der Waals surface area contributed by atoms with Gasteiger partial charge >= 0.3 is 0 Å². The number of methoxy groups -OCH3 is 1. The number of amides is 1. The third kappa shape index (κ3) is 4.12. The summed E-state index contributed by atoms with van der Waals surface area (Å²) in [4.78, 5) is 11.7. The minimum atomic E-state index is -0.212. The number of carbonyl (C=O) groups excluding carboxylic acids is 1. The summed E-state index contributed by atoms with van der Waals surface area (Å²) in [6.45, 7) is 0.799. The maximum Gasteiger partial charge on any atom is 0.252 e. The van der Waals surface area contributed by atoms with Crippen LogP contribution in [0.5, 0.6) is 0 Å². The van der Waals surface area contributed by atoms with Crippen molar-refractivity contribution >= 4 is 33.4 Å². The highest BCUT2D eigenvalue weighted by atomic mass is 79.9. The summed E-state index contributed by atoms with van der Waals surface area (Å²) >= 11 is 9.22. The van der Waals surface area contributed by atoms with Gasteiger partial charge in [-0.1, -0.05) is 12.1 Å². The number of carbonyl (C=O) groups is 1. The second-order valence-corrected chi connectivity index (χ2v) is 4.71. The predicted octanol–water partition coefficient (Wildman–Crippen LogP) is 2.43. The van der Waals surface area contributed by atoms with E-state index in [2.05, 4.69) is 21.2 Å². The van der Waals surface area contributed by atoms with E-state index in [1.165, 1.54) is 0 Å². The van der Waals surface area contributed by atoms with Crippen LogP contribution in [-0.2, 0) is 4.74 Å². The fourth-order valence-electron chi connectivity index (χ4n) is 1.18. The Bertz CT molecular complexity index is 360. The molecule has 0 radical (unpaired) electrons.